The van der Waals surface area contributed by atoms with Crippen LogP contribution in [0.2, 0.25) is 0 Å². The summed E-state index contributed by atoms with van der Waals surface area (Å²) < 4.78 is 13.5. The van der Waals surface area contributed by atoms with Crippen LogP contribution < -0.4 is 14.8 Å². The van der Waals surface area contributed by atoms with E-state index in [9.17, 15) is 0 Å². The molecule has 0 unspecified atom stereocenters. The number of nitrogens with zero attached hydrogens (tertiary/aromatic N) is 4. The molecule has 1 aliphatic carbocycles. The number of nitrogens with one attached hydrogen (secondary N) is 1. The van der Waals surface area contributed by atoms with Crippen LogP contribution in [0.25, 0.3) is 5.65 Å². The third-order valence-electron chi connectivity index (χ3n) is 4.24. The molecule has 25 heavy (non-hydrogen) atoms. The normalized spacial score (nSPS) is 13.9. The van der Waals surface area contributed by atoms with Gasteiger partial charge in [-0.3, -0.25) is 0 Å². The fraction of sp³-hybridized carbons (Fsp3) is 0.353. The lowest BCUT2D eigenvalue weighted by Gasteiger charge is -2.13. The summed E-state index contributed by atoms with van der Waals surface area (Å²) in [4.78, 5) is 0. The molecule has 1 fully saturated rings. The number of fused-ring (bicyclic) bond motifs is 1. The van der Waals surface area contributed by atoms with E-state index in [-0.39, 0.29) is 0 Å². The summed E-state index contributed by atoms with van der Waals surface area (Å²) >= 11 is 3.58. The Balaban J connectivity index is 1.57. The van der Waals surface area contributed by atoms with E-state index in [2.05, 4.69) is 36.5 Å². The van der Waals surface area contributed by atoms with Crippen molar-refractivity contribution < 1.29 is 9.47 Å². The fourth-order valence-corrected chi connectivity index (χ4v) is 3.18. The van der Waals surface area contributed by atoms with Crippen LogP contribution >= 0.6 is 15.9 Å². The maximum atomic E-state index is 5.37. The predicted molar refractivity (Wildman–Crippen MR) is 97.3 cm³/mol. The number of rotatable bonds is 6. The maximum absolute atomic E-state index is 5.37. The standard InChI is InChI=1S/C17H18BrN5O2/c1-24-13-7-11(12(18)8-14(13)25-2)9-19-15-5-6-16-20-21-17(10-3-4-10)23(16)22-15/h5-8,10H,3-4,9H2,1-2H3,(H,19,22). The van der Waals surface area contributed by atoms with E-state index in [1.807, 2.05) is 28.8 Å². The zero-order valence-corrected chi connectivity index (χ0v) is 15.6. The van der Waals surface area contributed by atoms with E-state index < -0.39 is 0 Å². The number of hydrogen-bond donors (Lipinski definition) is 1. The topological polar surface area (TPSA) is 73.6 Å². The average Bonchev–Trinajstić information content (AvgIpc) is 3.39. The second-order valence-corrected chi connectivity index (χ2v) is 6.83. The number of aromatic nitrogens is 4. The van der Waals surface area contributed by atoms with Crippen molar-refractivity contribution in [3.63, 3.8) is 0 Å². The predicted octanol–water partition coefficient (Wildman–Crippen LogP) is 3.39. The highest BCUT2D eigenvalue weighted by Gasteiger charge is 2.29. The quantitative estimate of drug-likeness (QED) is 0.679. The van der Waals surface area contributed by atoms with E-state index in [0.29, 0.717) is 24.0 Å². The molecule has 0 bridgehead atoms. The Kier molecular flexibility index (Phi) is 4.20. The number of methoxy groups -OCH3 is 2. The van der Waals surface area contributed by atoms with E-state index >= 15 is 0 Å². The first-order valence-electron chi connectivity index (χ1n) is 8.06. The Morgan fingerprint density at radius 1 is 1.16 bits per heavy atom. The van der Waals surface area contributed by atoms with Gasteiger partial charge in [-0.1, -0.05) is 15.9 Å². The summed E-state index contributed by atoms with van der Waals surface area (Å²) in [5.41, 5.74) is 1.82. The molecule has 3 aromatic rings. The van der Waals surface area contributed by atoms with Gasteiger partial charge in [-0.25, -0.2) is 0 Å². The number of benzene rings is 1. The molecule has 0 spiro atoms. The lowest BCUT2D eigenvalue weighted by Crippen LogP contribution is -2.06. The number of ether oxygens (including phenoxy) is 2. The van der Waals surface area contributed by atoms with E-state index in [4.69, 9.17) is 9.47 Å². The second kappa shape index (κ2) is 6.51. The SMILES string of the molecule is COc1cc(Br)c(CNc2ccc3nnc(C4CC4)n3n2)cc1OC. The smallest absolute Gasteiger partial charge is 0.178 e. The first-order valence-corrected chi connectivity index (χ1v) is 8.85. The molecule has 0 amide bonds. The van der Waals surface area contributed by atoms with Crippen LogP contribution in [0.5, 0.6) is 11.5 Å². The Morgan fingerprint density at radius 3 is 2.64 bits per heavy atom. The van der Waals surface area contributed by atoms with Crippen LogP contribution in [0.1, 0.15) is 30.1 Å². The molecule has 0 aliphatic heterocycles. The summed E-state index contributed by atoms with van der Waals surface area (Å²) in [5.74, 6) is 3.61. The molecule has 4 rings (SSSR count). The van der Waals surface area contributed by atoms with E-state index in [1.165, 1.54) is 12.8 Å². The molecule has 0 atom stereocenters. The van der Waals surface area contributed by atoms with Gasteiger partial charge in [-0.2, -0.15) is 4.52 Å². The van der Waals surface area contributed by atoms with Crippen molar-refractivity contribution in [3.05, 3.63) is 40.1 Å². The minimum Gasteiger partial charge on any atom is -0.493 e. The molecule has 130 valence electrons. The van der Waals surface area contributed by atoms with Crippen LogP contribution in [0, 0.1) is 0 Å². The Hall–Kier alpha value is -2.35. The van der Waals surface area contributed by atoms with E-state index in [1.54, 1.807) is 14.2 Å². The Morgan fingerprint density at radius 2 is 1.92 bits per heavy atom. The summed E-state index contributed by atoms with van der Waals surface area (Å²) in [6, 6.07) is 7.69. The van der Waals surface area contributed by atoms with Gasteiger partial charge >= 0.3 is 0 Å². The first kappa shape index (κ1) is 16.1. The zero-order chi connectivity index (χ0) is 17.4. The van der Waals surface area contributed by atoms with Gasteiger partial charge in [-0.05, 0) is 42.7 Å². The summed E-state index contributed by atoms with van der Waals surface area (Å²) in [7, 11) is 3.25. The van der Waals surface area contributed by atoms with Crippen molar-refractivity contribution in [2.45, 2.75) is 25.3 Å². The van der Waals surface area contributed by atoms with Crippen LogP contribution in [0.15, 0.2) is 28.7 Å². The minimum atomic E-state index is 0.498. The summed E-state index contributed by atoms with van der Waals surface area (Å²) in [5, 5.41) is 16.4. The molecule has 1 aromatic carbocycles. The van der Waals surface area contributed by atoms with Gasteiger partial charge < -0.3 is 14.8 Å². The van der Waals surface area contributed by atoms with Crippen molar-refractivity contribution in [2.75, 3.05) is 19.5 Å². The van der Waals surface area contributed by atoms with Gasteiger partial charge in [0.25, 0.3) is 0 Å². The third-order valence-corrected chi connectivity index (χ3v) is 4.98. The summed E-state index contributed by atoms with van der Waals surface area (Å²) in [6.45, 7) is 0.598. The Bertz CT molecular complexity index is 923. The fourth-order valence-electron chi connectivity index (χ4n) is 2.71. The largest absolute Gasteiger partial charge is 0.493 e. The van der Waals surface area contributed by atoms with Crippen molar-refractivity contribution in [1.82, 2.24) is 19.8 Å². The molecule has 1 saturated carbocycles. The van der Waals surface area contributed by atoms with Gasteiger partial charge in [0.15, 0.2) is 23.0 Å². The maximum Gasteiger partial charge on any atom is 0.178 e. The molecule has 1 N–H and O–H groups in total. The van der Waals surface area contributed by atoms with Crippen molar-refractivity contribution >= 4 is 27.4 Å². The lowest BCUT2D eigenvalue weighted by atomic mass is 10.2. The second-order valence-electron chi connectivity index (χ2n) is 5.97. The molecular formula is C17H18BrN5O2. The molecule has 7 nitrogen and oxygen atoms in total. The highest BCUT2D eigenvalue weighted by Crippen LogP contribution is 2.38. The minimum absolute atomic E-state index is 0.498. The molecular weight excluding hydrogens is 386 g/mol. The van der Waals surface area contributed by atoms with Crippen molar-refractivity contribution in [1.29, 1.82) is 0 Å². The van der Waals surface area contributed by atoms with Gasteiger partial charge in [0.1, 0.15) is 5.82 Å². The van der Waals surface area contributed by atoms with Crippen LogP contribution in [0.3, 0.4) is 0 Å². The van der Waals surface area contributed by atoms with Gasteiger partial charge in [0.2, 0.25) is 0 Å². The first-order chi connectivity index (χ1) is 12.2. The van der Waals surface area contributed by atoms with Crippen molar-refractivity contribution in [2.24, 2.45) is 0 Å². The average molecular weight is 404 g/mol. The number of halogens is 1. The Labute approximate surface area is 153 Å². The van der Waals surface area contributed by atoms with Crippen molar-refractivity contribution in [3.8, 4) is 11.5 Å². The van der Waals surface area contributed by atoms with E-state index in [0.717, 1.165) is 27.3 Å². The molecule has 2 aromatic heterocycles. The zero-order valence-electron chi connectivity index (χ0n) is 14.0. The monoisotopic (exact) mass is 403 g/mol. The van der Waals surface area contributed by atoms with Gasteiger partial charge in [0.05, 0.1) is 14.2 Å². The third kappa shape index (κ3) is 3.13. The number of anilines is 1. The van der Waals surface area contributed by atoms with Crippen LogP contribution in [-0.4, -0.2) is 34.0 Å². The molecule has 0 saturated heterocycles. The lowest BCUT2D eigenvalue weighted by molar-refractivity contribution is 0.354. The van der Waals surface area contributed by atoms with Gasteiger partial charge in [0, 0.05) is 16.9 Å². The highest BCUT2D eigenvalue weighted by molar-refractivity contribution is 9.10. The number of hydrogen-bond acceptors (Lipinski definition) is 6. The highest BCUT2D eigenvalue weighted by atomic mass is 79.9. The molecule has 2 heterocycles. The van der Waals surface area contributed by atoms with Gasteiger partial charge in [-0.15, -0.1) is 15.3 Å². The summed E-state index contributed by atoms with van der Waals surface area (Å²) in [6.07, 6.45) is 2.33. The molecule has 0 radical (unpaired) electrons. The molecule has 1 aliphatic rings. The van der Waals surface area contributed by atoms with Crippen LogP contribution in [0.4, 0.5) is 5.82 Å². The molecule has 8 heteroatoms. The van der Waals surface area contributed by atoms with Crippen LogP contribution in [-0.2, 0) is 6.54 Å².